The van der Waals surface area contributed by atoms with Crippen LogP contribution in [0.2, 0.25) is 0 Å². The van der Waals surface area contributed by atoms with E-state index < -0.39 is 0 Å². The predicted molar refractivity (Wildman–Crippen MR) is 97.2 cm³/mol. The van der Waals surface area contributed by atoms with Crippen molar-refractivity contribution in [2.75, 3.05) is 0 Å². The highest BCUT2D eigenvalue weighted by Crippen LogP contribution is 2.17. The first-order chi connectivity index (χ1) is 12.0. The van der Waals surface area contributed by atoms with Gasteiger partial charge in [-0.3, -0.25) is 9.59 Å². The Balaban J connectivity index is 1.83. The minimum Gasteiger partial charge on any atom is -0.464 e. The van der Waals surface area contributed by atoms with Crippen LogP contribution in [0.3, 0.4) is 0 Å². The van der Waals surface area contributed by atoms with Gasteiger partial charge in [-0.1, -0.05) is 12.1 Å². The molecule has 25 heavy (non-hydrogen) atoms. The zero-order chi connectivity index (χ0) is 17.6. The topological polar surface area (TPSA) is 60.4 Å². The van der Waals surface area contributed by atoms with E-state index in [1.54, 1.807) is 12.1 Å². The first-order valence-electron chi connectivity index (χ1n) is 8.05. The Morgan fingerprint density at radius 1 is 0.720 bits per heavy atom. The van der Waals surface area contributed by atoms with Gasteiger partial charge in [0.25, 0.3) is 0 Å². The molecule has 4 aromatic rings. The Labute approximate surface area is 143 Å². The first kappa shape index (κ1) is 15.4. The minimum atomic E-state index is -0.121. The number of fused-ring (bicyclic) bond motifs is 2. The molecule has 0 bridgehead atoms. The number of rotatable bonds is 2. The first-order valence-corrected chi connectivity index (χ1v) is 8.05. The molecule has 124 valence electrons. The zero-order valence-electron chi connectivity index (χ0n) is 14.0. The summed E-state index contributed by atoms with van der Waals surface area (Å²) >= 11 is 0. The molecule has 0 radical (unpaired) electrons. The monoisotopic (exact) mass is 332 g/mol. The predicted octanol–water partition coefficient (Wildman–Crippen LogP) is 4.11. The average Bonchev–Trinajstić information content (AvgIpc) is 2.59. The van der Waals surface area contributed by atoms with E-state index >= 15 is 0 Å². The summed E-state index contributed by atoms with van der Waals surface area (Å²) in [5, 5.41) is 1.04. The smallest absolute Gasteiger partial charge is 0.196 e. The van der Waals surface area contributed by atoms with Crippen molar-refractivity contribution in [1.29, 1.82) is 0 Å². The van der Waals surface area contributed by atoms with E-state index in [-0.39, 0.29) is 17.3 Å². The van der Waals surface area contributed by atoms with Gasteiger partial charge in [0, 0.05) is 17.5 Å². The van der Waals surface area contributed by atoms with Gasteiger partial charge in [0.05, 0.1) is 23.3 Å². The van der Waals surface area contributed by atoms with Gasteiger partial charge < -0.3 is 8.83 Å². The lowest BCUT2D eigenvalue weighted by molar-refractivity contribution is 0.585. The van der Waals surface area contributed by atoms with Gasteiger partial charge in [-0.2, -0.15) is 0 Å². The van der Waals surface area contributed by atoms with Crippen molar-refractivity contribution in [3.05, 3.63) is 91.6 Å². The second kappa shape index (κ2) is 5.74. The normalized spacial score (nSPS) is 11.3. The van der Waals surface area contributed by atoms with E-state index in [1.807, 2.05) is 38.1 Å². The third-order valence-corrected chi connectivity index (χ3v) is 4.38. The Bertz CT molecular complexity index is 1130. The molecule has 2 aromatic carbocycles. The molecule has 0 unspecified atom stereocenters. The summed E-state index contributed by atoms with van der Waals surface area (Å²) < 4.78 is 11.2. The Kier molecular flexibility index (Phi) is 3.53. The number of aryl methyl sites for hydroxylation is 2. The lowest BCUT2D eigenvalue weighted by Crippen LogP contribution is -2.15. The Morgan fingerprint density at radius 3 is 1.60 bits per heavy atom. The molecule has 0 fully saturated rings. The molecule has 2 heterocycles. The summed E-state index contributed by atoms with van der Waals surface area (Å²) in [6.45, 7) is 3.88. The lowest BCUT2D eigenvalue weighted by Gasteiger charge is -2.05. The van der Waals surface area contributed by atoms with Gasteiger partial charge in [-0.25, -0.2) is 0 Å². The van der Waals surface area contributed by atoms with Crippen LogP contribution >= 0.6 is 0 Å². The third kappa shape index (κ3) is 2.66. The van der Waals surface area contributed by atoms with E-state index in [0.717, 1.165) is 11.1 Å². The van der Waals surface area contributed by atoms with Crippen LogP contribution in [-0.4, -0.2) is 0 Å². The zero-order valence-corrected chi connectivity index (χ0v) is 14.0. The standard InChI is InChI=1S/C21H16O4/c1-12-3-5-16-18(7-12)24-10-14(20(16)22)9-15-11-25-19-8-13(2)4-6-17(19)21(15)23/h3-8,10-11H,9H2,1-2H3. The van der Waals surface area contributed by atoms with E-state index in [2.05, 4.69) is 0 Å². The van der Waals surface area contributed by atoms with Gasteiger partial charge >= 0.3 is 0 Å². The molecule has 0 atom stereocenters. The molecule has 0 saturated heterocycles. The van der Waals surface area contributed by atoms with E-state index in [4.69, 9.17) is 8.83 Å². The van der Waals surface area contributed by atoms with Crippen molar-refractivity contribution in [3.8, 4) is 0 Å². The quantitative estimate of drug-likeness (QED) is 0.554. The van der Waals surface area contributed by atoms with Crippen LogP contribution in [0.25, 0.3) is 21.9 Å². The average molecular weight is 332 g/mol. The third-order valence-electron chi connectivity index (χ3n) is 4.38. The SMILES string of the molecule is Cc1ccc2c(=O)c(Cc3coc4cc(C)ccc4c3=O)coc2c1. The molecule has 0 aliphatic carbocycles. The van der Waals surface area contributed by atoms with Crippen LogP contribution in [0.4, 0.5) is 0 Å². The molecule has 0 aliphatic heterocycles. The maximum atomic E-state index is 12.7. The van der Waals surface area contributed by atoms with E-state index in [0.29, 0.717) is 33.1 Å². The van der Waals surface area contributed by atoms with Crippen LogP contribution < -0.4 is 10.9 Å². The van der Waals surface area contributed by atoms with Crippen LogP contribution in [0.1, 0.15) is 22.3 Å². The Hall–Kier alpha value is -3.14. The van der Waals surface area contributed by atoms with Gasteiger partial charge in [-0.05, 0) is 49.2 Å². The van der Waals surface area contributed by atoms with E-state index in [1.165, 1.54) is 12.5 Å². The molecule has 4 rings (SSSR count). The fraction of sp³-hybridized carbons (Fsp3) is 0.143. The van der Waals surface area contributed by atoms with Crippen molar-refractivity contribution < 1.29 is 8.83 Å². The fourth-order valence-electron chi connectivity index (χ4n) is 3.00. The highest BCUT2D eigenvalue weighted by molar-refractivity contribution is 5.78. The largest absolute Gasteiger partial charge is 0.464 e. The van der Waals surface area contributed by atoms with E-state index in [9.17, 15) is 9.59 Å². The summed E-state index contributed by atoms with van der Waals surface area (Å²) in [6.07, 6.45) is 3.05. The van der Waals surface area contributed by atoms with Crippen molar-refractivity contribution in [2.45, 2.75) is 20.3 Å². The van der Waals surface area contributed by atoms with Crippen LogP contribution in [0.15, 0.2) is 67.3 Å². The molecule has 0 spiro atoms. The number of hydrogen-bond acceptors (Lipinski definition) is 4. The fourth-order valence-corrected chi connectivity index (χ4v) is 3.00. The molecule has 2 aromatic heterocycles. The van der Waals surface area contributed by atoms with Crippen LogP contribution in [-0.2, 0) is 6.42 Å². The van der Waals surface area contributed by atoms with Crippen LogP contribution in [0, 0.1) is 13.8 Å². The molecule has 0 amide bonds. The second-order valence-corrected chi connectivity index (χ2v) is 6.36. The summed E-state index contributed by atoms with van der Waals surface area (Å²) in [4.78, 5) is 25.3. The second-order valence-electron chi connectivity index (χ2n) is 6.36. The molecule has 0 saturated carbocycles. The maximum absolute atomic E-state index is 12.7. The molecule has 0 N–H and O–H groups in total. The summed E-state index contributed by atoms with van der Waals surface area (Å²) in [6, 6.07) is 10.9. The summed E-state index contributed by atoms with van der Waals surface area (Å²) in [5.41, 5.74) is 3.78. The highest BCUT2D eigenvalue weighted by atomic mass is 16.3. The van der Waals surface area contributed by atoms with Gasteiger partial charge in [-0.15, -0.1) is 0 Å². The van der Waals surface area contributed by atoms with Crippen molar-refractivity contribution in [2.24, 2.45) is 0 Å². The maximum Gasteiger partial charge on any atom is 0.196 e. The molecule has 4 heteroatoms. The summed E-state index contributed by atoms with van der Waals surface area (Å²) in [5.74, 6) is 0. The minimum absolute atomic E-state index is 0.121. The highest BCUT2D eigenvalue weighted by Gasteiger charge is 2.12. The molecule has 0 aliphatic rings. The number of benzene rings is 2. The van der Waals surface area contributed by atoms with Crippen molar-refractivity contribution in [3.63, 3.8) is 0 Å². The van der Waals surface area contributed by atoms with Gasteiger partial charge in [0.2, 0.25) is 0 Å². The van der Waals surface area contributed by atoms with Crippen LogP contribution in [0.5, 0.6) is 0 Å². The number of hydrogen-bond donors (Lipinski definition) is 0. The van der Waals surface area contributed by atoms with Crippen molar-refractivity contribution >= 4 is 21.9 Å². The molecular formula is C21H16O4. The van der Waals surface area contributed by atoms with Gasteiger partial charge in [0.15, 0.2) is 10.9 Å². The Morgan fingerprint density at radius 2 is 1.16 bits per heavy atom. The van der Waals surface area contributed by atoms with Gasteiger partial charge in [0.1, 0.15) is 11.2 Å². The lowest BCUT2D eigenvalue weighted by atomic mass is 10.0. The van der Waals surface area contributed by atoms with Crippen molar-refractivity contribution in [1.82, 2.24) is 0 Å². The molecular weight excluding hydrogens is 316 g/mol. The molecule has 4 nitrogen and oxygen atoms in total. The summed E-state index contributed by atoms with van der Waals surface area (Å²) in [7, 11) is 0.